The third-order valence-electron chi connectivity index (χ3n) is 3.41. The van der Waals surface area contributed by atoms with E-state index in [2.05, 4.69) is 26.2 Å². The van der Waals surface area contributed by atoms with E-state index in [9.17, 15) is 4.79 Å². The fourth-order valence-electron chi connectivity index (χ4n) is 2.28. The number of nitrogens with two attached hydrogens (primary N) is 1. The van der Waals surface area contributed by atoms with Crippen LogP contribution >= 0.6 is 27.3 Å². The number of nitrogens with zero attached hydrogens (tertiary/aromatic N) is 2. The Labute approximate surface area is 142 Å². The molecule has 2 heterocycles. The van der Waals surface area contributed by atoms with Gasteiger partial charge >= 0.3 is 6.09 Å². The number of carbonyl (C=O) groups is 1. The summed E-state index contributed by atoms with van der Waals surface area (Å²) in [4.78, 5) is 18.9. The van der Waals surface area contributed by atoms with Gasteiger partial charge in [0.2, 0.25) is 0 Å². The lowest BCUT2D eigenvalue weighted by molar-refractivity contribution is 0.0963. The van der Waals surface area contributed by atoms with Crippen LogP contribution in [0.25, 0.3) is 0 Å². The van der Waals surface area contributed by atoms with Gasteiger partial charge in [-0.2, -0.15) is 0 Å². The van der Waals surface area contributed by atoms with Gasteiger partial charge < -0.3 is 20.7 Å². The van der Waals surface area contributed by atoms with Crippen LogP contribution in [0.1, 0.15) is 24.6 Å². The molecule has 1 amide bonds. The minimum absolute atomic E-state index is 0.231. The molecule has 0 aliphatic carbocycles. The number of carbonyl (C=O) groups excluding carboxylic acids is 1. The molecule has 0 radical (unpaired) electrons. The third-order valence-corrected chi connectivity index (χ3v) is 5.02. The quantitative estimate of drug-likeness (QED) is 0.613. The van der Waals surface area contributed by atoms with E-state index in [0.717, 1.165) is 21.5 Å². The fraction of sp³-hybridized carbons (Fsp3) is 0.571. The van der Waals surface area contributed by atoms with Crippen LogP contribution in [-0.2, 0) is 11.3 Å². The monoisotopic (exact) mass is 388 g/mol. The van der Waals surface area contributed by atoms with E-state index in [-0.39, 0.29) is 12.1 Å². The Kier molecular flexibility index (Phi) is 6.50. The van der Waals surface area contributed by atoms with Crippen molar-refractivity contribution >= 4 is 39.3 Å². The Morgan fingerprint density at radius 2 is 2.27 bits per heavy atom. The lowest BCUT2D eigenvalue weighted by Gasteiger charge is -2.31. The Hall–Kier alpha value is -1.28. The molecule has 3 N–H and O–H groups in total. The van der Waals surface area contributed by atoms with E-state index in [1.807, 2.05) is 19.1 Å². The second kappa shape index (κ2) is 8.38. The van der Waals surface area contributed by atoms with Gasteiger partial charge in [0.25, 0.3) is 0 Å². The number of guanidine groups is 1. The van der Waals surface area contributed by atoms with Crippen molar-refractivity contribution in [2.24, 2.45) is 10.7 Å². The molecular formula is C14H21BrN4O2S. The van der Waals surface area contributed by atoms with Crippen molar-refractivity contribution in [3.05, 3.63) is 20.8 Å². The number of piperidine rings is 1. The molecule has 1 aromatic rings. The number of aliphatic imine (C=N–C) groups is 1. The number of hydrogen-bond donors (Lipinski definition) is 2. The number of amides is 1. The maximum absolute atomic E-state index is 11.6. The molecule has 0 aromatic carbocycles. The first-order valence-corrected chi connectivity index (χ1v) is 8.91. The molecule has 0 spiro atoms. The number of likely N-dealkylation sites (tertiary alicyclic amines) is 1. The summed E-state index contributed by atoms with van der Waals surface area (Å²) in [7, 11) is 0. The average molecular weight is 389 g/mol. The number of rotatable bonds is 4. The summed E-state index contributed by atoms with van der Waals surface area (Å²) < 4.78 is 6.10. The van der Waals surface area contributed by atoms with E-state index in [0.29, 0.717) is 32.2 Å². The van der Waals surface area contributed by atoms with Crippen LogP contribution in [-0.4, -0.2) is 42.7 Å². The van der Waals surface area contributed by atoms with Crippen molar-refractivity contribution < 1.29 is 9.53 Å². The first-order chi connectivity index (χ1) is 10.6. The molecule has 122 valence electrons. The van der Waals surface area contributed by atoms with Crippen molar-refractivity contribution in [2.75, 3.05) is 19.7 Å². The Bertz CT molecular complexity index is 527. The van der Waals surface area contributed by atoms with Crippen LogP contribution in [0.4, 0.5) is 4.79 Å². The van der Waals surface area contributed by atoms with Gasteiger partial charge in [0.05, 0.1) is 16.9 Å². The second-order valence-electron chi connectivity index (χ2n) is 5.01. The SMILES string of the molecule is CCOC(=O)N1CCC(NC(N)=NCc2ccc(Br)s2)CC1. The molecule has 1 aliphatic heterocycles. The number of halogens is 1. The predicted molar refractivity (Wildman–Crippen MR) is 92.1 cm³/mol. The van der Waals surface area contributed by atoms with Crippen LogP contribution in [0.15, 0.2) is 20.9 Å². The topological polar surface area (TPSA) is 80.0 Å². The lowest BCUT2D eigenvalue weighted by Crippen LogP contribution is -2.48. The van der Waals surface area contributed by atoms with Gasteiger partial charge in [-0.1, -0.05) is 0 Å². The van der Waals surface area contributed by atoms with Gasteiger partial charge in [0.1, 0.15) is 0 Å². The highest BCUT2D eigenvalue weighted by molar-refractivity contribution is 9.11. The minimum atomic E-state index is -0.231. The van der Waals surface area contributed by atoms with Gasteiger partial charge in [-0.15, -0.1) is 11.3 Å². The Morgan fingerprint density at radius 3 is 2.86 bits per heavy atom. The highest BCUT2D eigenvalue weighted by Crippen LogP contribution is 2.22. The van der Waals surface area contributed by atoms with Gasteiger partial charge in [0, 0.05) is 24.0 Å². The molecule has 1 aliphatic rings. The summed E-state index contributed by atoms with van der Waals surface area (Å²) in [5.74, 6) is 0.458. The van der Waals surface area contributed by atoms with E-state index in [1.54, 1.807) is 16.2 Å². The summed E-state index contributed by atoms with van der Waals surface area (Å²) in [6.45, 7) is 4.17. The summed E-state index contributed by atoms with van der Waals surface area (Å²) >= 11 is 5.08. The molecule has 2 rings (SSSR count). The van der Waals surface area contributed by atoms with Crippen molar-refractivity contribution in [1.29, 1.82) is 0 Å². The lowest BCUT2D eigenvalue weighted by atomic mass is 10.1. The molecule has 0 atom stereocenters. The zero-order chi connectivity index (χ0) is 15.9. The van der Waals surface area contributed by atoms with Crippen molar-refractivity contribution in [1.82, 2.24) is 10.2 Å². The molecule has 1 aromatic heterocycles. The molecule has 8 heteroatoms. The van der Waals surface area contributed by atoms with Crippen molar-refractivity contribution in [3.63, 3.8) is 0 Å². The zero-order valence-electron chi connectivity index (χ0n) is 12.5. The highest BCUT2D eigenvalue weighted by Gasteiger charge is 2.23. The van der Waals surface area contributed by atoms with E-state index < -0.39 is 0 Å². The molecule has 0 unspecified atom stereocenters. The Balaban J connectivity index is 1.74. The first kappa shape index (κ1) is 17.1. The summed E-state index contributed by atoms with van der Waals surface area (Å²) in [6, 6.07) is 4.29. The highest BCUT2D eigenvalue weighted by atomic mass is 79.9. The van der Waals surface area contributed by atoms with E-state index in [4.69, 9.17) is 10.5 Å². The molecule has 1 saturated heterocycles. The normalized spacial score (nSPS) is 16.6. The zero-order valence-corrected chi connectivity index (χ0v) is 15.0. The molecular weight excluding hydrogens is 368 g/mol. The molecule has 22 heavy (non-hydrogen) atoms. The van der Waals surface area contributed by atoms with Crippen LogP contribution in [0.2, 0.25) is 0 Å². The maximum atomic E-state index is 11.6. The van der Waals surface area contributed by atoms with E-state index in [1.165, 1.54) is 0 Å². The average Bonchev–Trinajstić information content (AvgIpc) is 2.92. The second-order valence-corrected chi connectivity index (χ2v) is 7.56. The molecule has 6 nitrogen and oxygen atoms in total. The number of nitrogens with one attached hydrogen (secondary N) is 1. The molecule has 0 saturated carbocycles. The van der Waals surface area contributed by atoms with Gasteiger partial charge in [-0.3, -0.25) is 0 Å². The van der Waals surface area contributed by atoms with Gasteiger partial charge in [-0.05, 0) is 47.8 Å². The predicted octanol–water partition coefficient (Wildman–Crippen LogP) is 2.54. The summed E-state index contributed by atoms with van der Waals surface area (Å²) in [5, 5.41) is 3.23. The number of thiophene rings is 1. The summed E-state index contributed by atoms with van der Waals surface area (Å²) in [5.41, 5.74) is 5.93. The van der Waals surface area contributed by atoms with Crippen LogP contribution in [0.3, 0.4) is 0 Å². The van der Waals surface area contributed by atoms with Crippen LogP contribution in [0, 0.1) is 0 Å². The van der Waals surface area contributed by atoms with Crippen molar-refractivity contribution in [2.45, 2.75) is 32.4 Å². The van der Waals surface area contributed by atoms with Crippen LogP contribution < -0.4 is 11.1 Å². The standard InChI is InChI=1S/C14H21BrN4O2S/c1-2-21-14(20)19-7-5-10(6-8-19)18-13(16)17-9-11-3-4-12(15)22-11/h3-4,10H,2,5-9H2,1H3,(H3,16,17,18). The summed E-state index contributed by atoms with van der Waals surface area (Å²) in [6.07, 6.45) is 1.46. The maximum Gasteiger partial charge on any atom is 0.409 e. The smallest absolute Gasteiger partial charge is 0.409 e. The Morgan fingerprint density at radius 1 is 1.55 bits per heavy atom. The van der Waals surface area contributed by atoms with Gasteiger partial charge in [-0.25, -0.2) is 9.79 Å². The van der Waals surface area contributed by atoms with Crippen molar-refractivity contribution in [3.8, 4) is 0 Å². The largest absolute Gasteiger partial charge is 0.450 e. The third kappa shape index (κ3) is 5.17. The molecule has 0 bridgehead atoms. The number of ether oxygens (including phenoxy) is 1. The van der Waals surface area contributed by atoms with Crippen LogP contribution in [0.5, 0.6) is 0 Å². The first-order valence-electron chi connectivity index (χ1n) is 7.31. The molecule has 1 fully saturated rings. The number of hydrogen-bond acceptors (Lipinski definition) is 4. The fourth-order valence-corrected chi connectivity index (χ4v) is 3.68. The minimum Gasteiger partial charge on any atom is -0.450 e. The van der Waals surface area contributed by atoms with Gasteiger partial charge in [0.15, 0.2) is 5.96 Å². The van der Waals surface area contributed by atoms with E-state index >= 15 is 0 Å².